The van der Waals surface area contributed by atoms with Crippen molar-refractivity contribution in [2.75, 3.05) is 71.3 Å². The van der Waals surface area contributed by atoms with Crippen LogP contribution in [0.15, 0.2) is 6.20 Å². The topological polar surface area (TPSA) is 181 Å². The monoisotopic (exact) mass is 641 g/mol. The van der Waals surface area contributed by atoms with Crippen molar-refractivity contribution in [2.24, 2.45) is 0 Å². The molecule has 1 fully saturated rings. The van der Waals surface area contributed by atoms with Crippen LogP contribution in [0.4, 0.5) is 5.82 Å². The van der Waals surface area contributed by atoms with Gasteiger partial charge in [0.1, 0.15) is 25.1 Å². The van der Waals surface area contributed by atoms with Crippen LogP contribution in [0.2, 0.25) is 5.28 Å². The predicted molar refractivity (Wildman–Crippen MR) is 153 cm³/mol. The molecule has 16 nitrogen and oxygen atoms in total. The van der Waals surface area contributed by atoms with Gasteiger partial charge in [0.15, 0.2) is 24.1 Å². The minimum Gasteiger partial charge on any atom is -0.463 e. The standard InChI is InChI=1S/C27H36ClN5O11/c1-5-7-37-9-11-39-13-14-40-12-10-38-8-6-29-24-20-15-30-33(25(20)32-27(28)31-24)26-23(43-19(4)36)22(42-18(3)35)21(44-26)16-41-17(2)34/h1,15,21-23,26H,6-14,16H2,2-4H3,(H,29,31,32)/t21-,22?,23-,26-/m1/s1. The van der Waals surface area contributed by atoms with Gasteiger partial charge in [0.25, 0.3) is 0 Å². The van der Waals surface area contributed by atoms with Crippen molar-refractivity contribution in [1.82, 2.24) is 19.7 Å². The number of terminal acetylenes is 1. The van der Waals surface area contributed by atoms with E-state index in [9.17, 15) is 14.4 Å². The Bertz CT molecular complexity index is 1290. The van der Waals surface area contributed by atoms with Crippen LogP contribution in [0.3, 0.4) is 0 Å². The summed E-state index contributed by atoms with van der Waals surface area (Å²) in [6.07, 6.45) is 2.28. The molecule has 1 aliphatic heterocycles. The molecule has 0 aromatic carbocycles. The van der Waals surface area contributed by atoms with E-state index in [1.807, 2.05) is 0 Å². The highest BCUT2D eigenvalue weighted by atomic mass is 35.5. The summed E-state index contributed by atoms with van der Waals surface area (Å²) >= 11 is 6.23. The van der Waals surface area contributed by atoms with Crippen LogP contribution in [0.5, 0.6) is 0 Å². The Hall–Kier alpha value is -3.59. The van der Waals surface area contributed by atoms with Crippen LogP contribution in [0, 0.1) is 12.3 Å². The summed E-state index contributed by atoms with van der Waals surface area (Å²) < 4.78 is 44.9. The maximum atomic E-state index is 12.0. The van der Waals surface area contributed by atoms with Crippen molar-refractivity contribution in [1.29, 1.82) is 0 Å². The molecule has 44 heavy (non-hydrogen) atoms. The van der Waals surface area contributed by atoms with Crippen LogP contribution in [0.25, 0.3) is 11.0 Å². The van der Waals surface area contributed by atoms with Crippen molar-refractivity contribution in [3.63, 3.8) is 0 Å². The van der Waals surface area contributed by atoms with Gasteiger partial charge in [0, 0.05) is 27.3 Å². The largest absolute Gasteiger partial charge is 0.463 e. The first-order valence-electron chi connectivity index (χ1n) is 13.7. The molecule has 2 aromatic heterocycles. The smallest absolute Gasteiger partial charge is 0.303 e. The molecule has 3 rings (SSSR count). The number of halogens is 1. The molecular formula is C27H36ClN5O11. The fourth-order valence-corrected chi connectivity index (χ4v) is 4.31. The molecule has 1 aliphatic rings. The number of carbonyl (C=O) groups excluding carboxylic acids is 3. The highest BCUT2D eigenvalue weighted by Gasteiger charge is 2.51. The molecule has 0 saturated carbocycles. The van der Waals surface area contributed by atoms with Crippen molar-refractivity contribution >= 4 is 46.4 Å². The Balaban J connectivity index is 1.58. The molecule has 0 radical (unpaired) electrons. The summed E-state index contributed by atoms with van der Waals surface area (Å²) in [5.41, 5.74) is 0.253. The van der Waals surface area contributed by atoms with Crippen LogP contribution < -0.4 is 5.32 Å². The number of nitrogens with one attached hydrogen (secondary N) is 1. The molecule has 242 valence electrons. The lowest BCUT2D eigenvalue weighted by Gasteiger charge is -2.23. The van der Waals surface area contributed by atoms with E-state index in [-0.39, 0.29) is 24.1 Å². The second-order valence-corrected chi connectivity index (χ2v) is 9.54. The maximum absolute atomic E-state index is 12.0. The van der Waals surface area contributed by atoms with Gasteiger partial charge in [-0.3, -0.25) is 14.4 Å². The number of rotatable bonds is 19. The summed E-state index contributed by atoms with van der Waals surface area (Å²) in [5.74, 6) is 0.894. The second-order valence-electron chi connectivity index (χ2n) is 9.20. The summed E-state index contributed by atoms with van der Waals surface area (Å²) in [5, 5.41) is 7.92. The fourth-order valence-electron chi connectivity index (χ4n) is 4.14. The fraction of sp³-hybridized carbons (Fsp3) is 0.630. The van der Waals surface area contributed by atoms with Gasteiger partial charge in [-0.05, 0) is 11.6 Å². The Morgan fingerprint density at radius 2 is 1.55 bits per heavy atom. The number of hydrogen-bond acceptors (Lipinski definition) is 15. The Morgan fingerprint density at radius 3 is 2.16 bits per heavy atom. The first kappa shape index (κ1) is 34.9. The normalized spacial score (nSPS) is 19.4. The van der Waals surface area contributed by atoms with E-state index >= 15 is 0 Å². The van der Waals surface area contributed by atoms with Gasteiger partial charge in [0.05, 0.1) is 57.8 Å². The van der Waals surface area contributed by atoms with Crippen LogP contribution in [-0.2, 0) is 52.3 Å². The van der Waals surface area contributed by atoms with Gasteiger partial charge in [-0.25, -0.2) is 4.68 Å². The minimum atomic E-state index is -1.14. The number of aromatic nitrogens is 4. The minimum absolute atomic E-state index is 0.0871. The molecule has 0 bridgehead atoms. The summed E-state index contributed by atoms with van der Waals surface area (Å²) in [6.45, 7) is 6.85. The maximum Gasteiger partial charge on any atom is 0.303 e. The third kappa shape index (κ3) is 10.8. The second kappa shape index (κ2) is 18.3. The summed E-state index contributed by atoms with van der Waals surface area (Å²) in [6, 6.07) is 0. The van der Waals surface area contributed by atoms with E-state index in [4.69, 9.17) is 55.9 Å². The highest BCUT2D eigenvalue weighted by Crippen LogP contribution is 2.36. The third-order valence-corrected chi connectivity index (χ3v) is 6.02. The van der Waals surface area contributed by atoms with Gasteiger partial charge in [-0.1, -0.05) is 5.92 Å². The number of esters is 3. The van der Waals surface area contributed by atoms with Crippen molar-refractivity contribution < 1.29 is 52.3 Å². The van der Waals surface area contributed by atoms with E-state index in [2.05, 4.69) is 26.3 Å². The number of carbonyl (C=O) groups is 3. The zero-order chi connectivity index (χ0) is 31.9. The van der Waals surface area contributed by atoms with Gasteiger partial charge < -0.3 is 43.2 Å². The lowest BCUT2D eigenvalue weighted by atomic mass is 10.1. The third-order valence-electron chi connectivity index (χ3n) is 5.85. The molecule has 0 spiro atoms. The molecular weight excluding hydrogens is 606 g/mol. The average molecular weight is 642 g/mol. The predicted octanol–water partition coefficient (Wildman–Crippen LogP) is 0.915. The van der Waals surface area contributed by atoms with E-state index in [0.29, 0.717) is 64.0 Å². The quantitative estimate of drug-likeness (QED) is 0.0751. The number of fused-ring (bicyclic) bond motifs is 1. The van der Waals surface area contributed by atoms with Crippen molar-refractivity contribution in [3.8, 4) is 12.3 Å². The zero-order valence-corrected chi connectivity index (χ0v) is 25.4. The molecule has 0 aliphatic carbocycles. The number of anilines is 1. The molecule has 4 atom stereocenters. The van der Waals surface area contributed by atoms with Gasteiger partial charge >= 0.3 is 17.9 Å². The van der Waals surface area contributed by atoms with E-state index < -0.39 is 42.4 Å². The van der Waals surface area contributed by atoms with Crippen LogP contribution >= 0.6 is 11.6 Å². The molecule has 1 unspecified atom stereocenters. The van der Waals surface area contributed by atoms with Crippen LogP contribution in [0.1, 0.15) is 27.0 Å². The SMILES string of the molecule is C#CCOCCOCCOCCOCCNc1nc(Cl)nc2c1cnn2[C@@H]1O[C@H](COC(C)=O)C(OC(C)=O)[C@H]1OC(C)=O. The Morgan fingerprint density at radius 1 is 0.932 bits per heavy atom. The lowest BCUT2D eigenvalue weighted by molar-refractivity contribution is -0.166. The zero-order valence-electron chi connectivity index (χ0n) is 24.7. The van der Waals surface area contributed by atoms with Gasteiger partial charge in [-0.15, -0.1) is 6.42 Å². The first-order chi connectivity index (χ1) is 21.2. The molecule has 17 heteroatoms. The molecule has 2 aromatic rings. The highest BCUT2D eigenvalue weighted by molar-refractivity contribution is 6.28. The molecule has 3 heterocycles. The van der Waals surface area contributed by atoms with E-state index in [0.717, 1.165) is 0 Å². The molecule has 1 saturated heterocycles. The van der Waals surface area contributed by atoms with Crippen LogP contribution in [-0.4, -0.2) is 122 Å². The van der Waals surface area contributed by atoms with Gasteiger partial charge in [-0.2, -0.15) is 15.1 Å². The number of hydrogen-bond donors (Lipinski definition) is 1. The van der Waals surface area contributed by atoms with Crippen molar-refractivity contribution in [3.05, 3.63) is 11.5 Å². The Labute approximate surface area is 258 Å². The lowest BCUT2D eigenvalue weighted by Crippen LogP contribution is -2.40. The summed E-state index contributed by atoms with van der Waals surface area (Å²) in [7, 11) is 0. The molecule has 0 amide bonds. The number of nitrogens with zero attached hydrogens (tertiary/aromatic N) is 4. The number of ether oxygens (including phenoxy) is 8. The van der Waals surface area contributed by atoms with E-state index in [1.54, 1.807) is 0 Å². The van der Waals surface area contributed by atoms with Gasteiger partial charge in [0.2, 0.25) is 5.28 Å². The first-order valence-corrected chi connectivity index (χ1v) is 14.1. The molecule has 1 N–H and O–H groups in total. The van der Waals surface area contributed by atoms with E-state index in [1.165, 1.54) is 31.6 Å². The Kier molecular flexibility index (Phi) is 14.5. The van der Waals surface area contributed by atoms with Crippen molar-refractivity contribution in [2.45, 2.75) is 45.3 Å². The average Bonchev–Trinajstić information content (AvgIpc) is 3.52. The summed E-state index contributed by atoms with van der Waals surface area (Å²) in [4.78, 5) is 43.8.